The molecule has 128 valence electrons. The zero-order valence-corrected chi connectivity index (χ0v) is 15.0. The van der Waals surface area contributed by atoms with Crippen LogP contribution in [0.25, 0.3) is 11.3 Å². The maximum Gasteiger partial charge on any atom is 0.345 e. The molecule has 1 N–H and O–H groups in total. The number of rotatable bonds is 4. The molecule has 0 fully saturated rings. The molecule has 0 aliphatic heterocycles. The van der Waals surface area contributed by atoms with Crippen LogP contribution in [0.15, 0.2) is 40.2 Å². The molecule has 2 aromatic heterocycles. The van der Waals surface area contributed by atoms with Crippen LogP contribution in [0.5, 0.6) is 0 Å². The van der Waals surface area contributed by atoms with Gasteiger partial charge in [0.2, 0.25) is 5.88 Å². The number of thiophene rings is 1. The van der Waals surface area contributed by atoms with Gasteiger partial charge < -0.3 is 9.26 Å². The molecule has 0 saturated heterocycles. The van der Waals surface area contributed by atoms with E-state index in [-0.39, 0.29) is 27.2 Å². The summed E-state index contributed by atoms with van der Waals surface area (Å²) in [5.41, 5.74) is 0.331. The average molecular weight is 397 g/mol. The van der Waals surface area contributed by atoms with Gasteiger partial charge in [-0.1, -0.05) is 40.5 Å². The molecule has 0 bridgehead atoms. The minimum absolute atomic E-state index is 0.0672. The van der Waals surface area contributed by atoms with Crippen LogP contribution in [0, 0.1) is 0 Å². The fraction of sp³-hybridized carbons (Fsp3) is 0.0625. The summed E-state index contributed by atoms with van der Waals surface area (Å²) >= 11 is 13.6. The molecular formula is C16H10Cl2N2O4S. The molecule has 3 rings (SSSR count). The van der Waals surface area contributed by atoms with E-state index in [4.69, 9.17) is 32.5 Å². The lowest BCUT2D eigenvalue weighted by atomic mass is 10.1. The highest BCUT2D eigenvalue weighted by Crippen LogP contribution is 2.38. The van der Waals surface area contributed by atoms with Crippen molar-refractivity contribution >= 4 is 52.3 Å². The van der Waals surface area contributed by atoms with Crippen molar-refractivity contribution in [3.05, 3.63) is 56.2 Å². The van der Waals surface area contributed by atoms with E-state index in [1.807, 2.05) is 0 Å². The Bertz CT molecular complexity index is 918. The summed E-state index contributed by atoms with van der Waals surface area (Å²) < 4.78 is 9.93. The number of carbonyl (C=O) groups excluding carboxylic acids is 2. The van der Waals surface area contributed by atoms with Crippen molar-refractivity contribution in [1.29, 1.82) is 0 Å². The van der Waals surface area contributed by atoms with Crippen LogP contribution < -0.4 is 5.32 Å². The molecule has 0 saturated carbocycles. The number of methoxy groups -OCH3 is 1. The summed E-state index contributed by atoms with van der Waals surface area (Å²) in [7, 11) is 1.21. The first-order valence-electron chi connectivity index (χ1n) is 6.90. The van der Waals surface area contributed by atoms with Crippen LogP contribution in [0.4, 0.5) is 5.88 Å². The van der Waals surface area contributed by atoms with E-state index in [9.17, 15) is 9.59 Å². The van der Waals surface area contributed by atoms with Gasteiger partial charge in [0, 0.05) is 5.56 Å². The van der Waals surface area contributed by atoms with Crippen LogP contribution in [-0.4, -0.2) is 24.1 Å². The fourth-order valence-electron chi connectivity index (χ4n) is 2.13. The molecule has 0 aliphatic rings. The molecule has 1 amide bonds. The molecule has 0 atom stereocenters. The number of ether oxygens (including phenoxy) is 1. The molecule has 3 aromatic rings. The van der Waals surface area contributed by atoms with Gasteiger partial charge >= 0.3 is 5.97 Å². The first-order chi connectivity index (χ1) is 12.0. The zero-order chi connectivity index (χ0) is 18.0. The lowest BCUT2D eigenvalue weighted by molar-refractivity contribution is 0.0602. The molecule has 6 nitrogen and oxygen atoms in total. The van der Waals surface area contributed by atoms with Crippen LogP contribution in [0.3, 0.4) is 0 Å². The summed E-state index contributed by atoms with van der Waals surface area (Å²) in [6.45, 7) is 0. The van der Waals surface area contributed by atoms with E-state index in [0.717, 1.165) is 0 Å². The third-order valence-corrected chi connectivity index (χ3v) is 4.75. The van der Waals surface area contributed by atoms with Gasteiger partial charge in [0.1, 0.15) is 5.69 Å². The Balaban J connectivity index is 2.08. The van der Waals surface area contributed by atoms with E-state index in [1.165, 1.54) is 18.4 Å². The van der Waals surface area contributed by atoms with E-state index in [2.05, 4.69) is 10.5 Å². The predicted octanol–water partition coefficient (Wildman–Crippen LogP) is 4.75. The maximum absolute atomic E-state index is 12.2. The largest absolute Gasteiger partial charge is 0.465 e. The number of anilines is 1. The van der Waals surface area contributed by atoms with E-state index in [1.54, 1.807) is 35.7 Å². The van der Waals surface area contributed by atoms with Crippen molar-refractivity contribution < 1.29 is 18.8 Å². The van der Waals surface area contributed by atoms with Gasteiger partial charge in [0.05, 0.1) is 22.0 Å². The van der Waals surface area contributed by atoms with Gasteiger partial charge in [0.25, 0.3) is 5.91 Å². The number of nitrogens with zero attached hydrogens (tertiary/aromatic N) is 1. The summed E-state index contributed by atoms with van der Waals surface area (Å²) in [5.74, 6) is -1.32. The summed E-state index contributed by atoms with van der Waals surface area (Å²) in [4.78, 5) is 24.9. The number of hydrogen-bond acceptors (Lipinski definition) is 6. The molecular weight excluding hydrogens is 387 g/mol. The summed E-state index contributed by atoms with van der Waals surface area (Å²) in [5, 5.41) is 8.68. The fourth-order valence-corrected chi connectivity index (χ4v) is 3.33. The Labute approximate surface area is 156 Å². The third kappa shape index (κ3) is 3.39. The molecule has 0 unspecified atom stereocenters. The highest BCUT2D eigenvalue weighted by Gasteiger charge is 2.29. The Morgan fingerprint density at radius 2 is 1.92 bits per heavy atom. The lowest BCUT2D eigenvalue weighted by Gasteiger charge is -2.06. The minimum atomic E-state index is -0.742. The Morgan fingerprint density at radius 3 is 2.52 bits per heavy atom. The third-order valence-electron chi connectivity index (χ3n) is 3.25. The number of hydrogen-bond donors (Lipinski definition) is 1. The van der Waals surface area contributed by atoms with Crippen molar-refractivity contribution in [3.63, 3.8) is 0 Å². The van der Waals surface area contributed by atoms with E-state index in [0.29, 0.717) is 10.4 Å². The number of esters is 1. The van der Waals surface area contributed by atoms with Crippen molar-refractivity contribution in [3.8, 4) is 11.3 Å². The second-order valence-electron chi connectivity index (χ2n) is 4.75. The smallest absolute Gasteiger partial charge is 0.345 e. The number of benzene rings is 1. The molecule has 2 heterocycles. The Morgan fingerprint density at radius 1 is 1.20 bits per heavy atom. The van der Waals surface area contributed by atoms with Crippen LogP contribution in [-0.2, 0) is 4.74 Å². The van der Waals surface area contributed by atoms with Crippen molar-refractivity contribution in [1.82, 2.24) is 5.16 Å². The quantitative estimate of drug-likeness (QED) is 0.643. The standard InChI is InChI=1S/C16H10Cl2N2O4S/c1-23-16(22)12-13(11-8(17)4-2-5-9(11)18)20-24-15(12)19-14(21)10-6-3-7-25-10/h2-7H,1H3,(H,19,21). The predicted molar refractivity (Wildman–Crippen MR) is 95.6 cm³/mol. The lowest BCUT2D eigenvalue weighted by Crippen LogP contribution is -2.13. The maximum atomic E-state index is 12.2. The molecule has 0 aliphatic carbocycles. The SMILES string of the molecule is COC(=O)c1c(-c2c(Cl)cccc2Cl)noc1NC(=O)c1cccs1. The average Bonchev–Trinajstić information content (AvgIpc) is 3.24. The topological polar surface area (TPSA) is 81.4 Å². The van der Waals surface area contributed by atoms with E-state index < -0.39 is 11.9 Å². The highest BCUT2D eigenvalue weighted by atomic mass is 35.5. The van der Waals surface area contributed by atoms with Gasteiger partial charge in [-0.05, 0) is 23.6 Å². The van der Waals surface area contributed by atoms with Crippen LogP contribution in [0.2, 0.25) is 10.0 Å². The molecule has 1 aromatic carbocycles. The normalized spacial score (nSPS) is 10.5. The molecule has 9 heteroatoms. The van der Waals surface area contributed by atoms with Gasteiger partial charge in [-0.3, -0.25) is 10.1 Å². The number of nitrogens with one attached hydrogen (secondary N) is 1. The van der Waals surface area contributed by atoms with Gasteiger partial charge in [-0.15, -0.1) is 11.3 Å². The first-order valence-corrected chi connectivity index (χ1v) is 8.53. The summed E-state index contributed by atoms with van der Waals surface area (Å²) in [6, 6.07) is 8.23. The second-order valence-corrected chi connectivity index (χ2v) is 6.52. The van der Waals surface area contributed by atoms with Gasteiger partial charge in [-0.25, -0.2) is 4.79 Å². The Hall–Kier alpha value is -2.35. The first kappa shape index (κ1) is 17.5. The minimum Gasteiger partial charge on any atom is -0.465 e. The number of aromatic nitrogens is 1. The zero-order valence-electron chi connectivity index (χ0n) is 12.7. The number of halogens is 2. The van der Waals surface area contributed by atoms with Crippen LogP contribution in [0.1, 0.15) is 20.0 Å². The molecule has 25 heavy (non-hydrogen) atoms. The van der Waals surface area contributed by atoms with E-state index >= 15 is 0 Å². The molecule has 0 radical (unpaired) electrons. The van der Waals surface area contributed by atoms with Gasteiger partial charge in [0.15, 0.2) is 5.56 Å². The van der Waals surface area contributed by atoms with Gasteiger partial charge in [-0.2, -0.15) is 0 Å². The highest BCUT2D eigenvalue weighted by molar-refractivity contribution is 7.12. The van der Waals surface area contributed by atoms with Crippen molar-refractivity contribution in [2.24, 2.45) is 0 Å². The second kappa shape index (κ2) is 7.26. The Kier molecular flexibility index (Phi) is 5.08. The monoisotopic (exact) mass is 396 g/mol. The molecule has 0 spiro atoms. The number of carbonyl (C=O) groups is 2. The summed E-state index contributed by atoms with van der Waals surface area (Å²) in [6.07, 6.45) is 0. The van der Waals surface area contributed by atoms with Crippen molar-refractivity contribution in [2.45, 2.75) is 0 Å². The number of amides is 1. The van der Waals surface area contributed by atoms with Crippen molar-refractivity contribution in [2.75, 3.05) is 12.4 Å². The van der Waals surface area contributed by atoms with Crippen LogP contribution >= 0.6 is 34.5 Å².